The maximum absolute atomic E-state index is 11.7. The number of nitrogens with one attached hydrogen (secondary N) is 1. The van der Waals surface area contributed by atoms with E-state index >= 15 is 0 Å². The highest BCUT2D eigenvalue weighted by atomic mass is 79.9. The third-order valence-electron chi connectivity index (χ3n) is 2.85. The van der Waals surface area contributed by atoms with Crippen molar-refractivity contribution in [1.82, 2.24) is 9.55 Å². The Hall–Kier alpha value is -0.810. The largest absolute Gasteiger partial charge is 0.469 e. The molecule has 0 saturated carbocycles. The first kappa shape index (κ1) is 16.6. The van der Waals surface area contributed by atoms with E-state index in [1.807, 2.05) is 0 Å². The van der Waals surface area contributed by atoms with E-state index in [0.717, 1.165) is 4.57 Å². The van der Waals surface area contributed by atoms with Crippen molar-refractivity contribution in [2.45, 2.75) is 24.9 Å². The lowest BCUT2D eigenvalue weighted by molar-refractivity contribution is -0.0451. The molecule has 2 heterocycles. The highest BCUT2D eigenvalue weighted by molar-refractivity contribution is 9.10. The van der Waals surface area contributed by atoms with Gasteiger partial charge in [0.05, 0.1) is 17.2 Å². The van der Waals surface area contributed by atoms with Gasteiger partial charge in [0.15, 0.2) is 0 Å². The predicted octanol–water partition coefficient (Wildman–Crippen LogP) is -0.943. The van der Waals surface area contributed by atoms with E-state index < -0.39 is 44.1 Å². The molecule has 0 amide bonds. The van der Waals surface area contributed by atoms with Gasteiger partial charge in [0, 0.05) is 12.6 Å². The number of phosphoric acid groups is 1. The maximum Gasteiger partial charge on any atom is 0.469 e. The number of aliphatic hydroxyl groups excluding tert-OH is 1. The number of aliphatic hydroxyl groups is 1. The summed E-state index contributed by atoms with van der Waals surface area (Å²) in [5, 5.41) is 9.78. The first-order chi connectivity index (χ1) is 9.67. The molecule has 4 N–H and O–H groups in total. The van der Waals surface area contributed by atoms with E-state index in [9.17, 15) is 19.3 Å². The second-order valence-electron chi connectivity index (χ2n) is 4.36. The van der Waals surface area contributed by atoms with Crippen molar-refractivity contribution in [3.63, 3.8) is 0 Å². The average Bonchev–Trinajstić information content (AvgIpc) is 2.72. The lowest BCUT2D eigenvalue weighted by atomic mass is 10.2. The van der Waals surface area contributed by atoms with Crippen molar-refractivity contribution in [1.29, 1.82) is 0 Å². The summed E-state index contributed by atoms with van der Waals surface area (Å²) in [6, 6.07) is 0. The number of hydrogen-bond acceptors (Lipinski definition) is 6. The smallest absolute Gasteiger partial charge is 0.390 e. The zero-order valence-corrected chi connectivity index (χ0v) is 12.9. The quantitative estimate of drug-likeness (QED) is 0.483. The van der Waals surface area contributed by atoms with Crippen LogP contribution in [0.3, 0.4) is 0 Å². The van der Waals surface area contributed by atoms with Gasteiger partial charge in [-0.15, -0.1) is 0 Å². The molecule has 0 aliphatic carbocycles. The molecule has 0 bridgehead atoms. The number of hydrogen-bond donors (Lipinski definition) is 4. The maximum atomic E-state index is 11.7. The van der Waals surface area contributed by atoms with Crippen LogP contribution in [0, 0.1) is 0 Å². The fourth-order valence-corrected chi connectivity index (χ4v) is 2.54. The third kappa shape index (κ3) is 4.10. The van der Waals surface area contributed by atoms with E-state index in [4.69, 9.17) is 14.5 Å². The number of ether oxygens (including phenoxy) is 1. The monoisotopic (exact) mass is 386 g/mol. The fraction of sp³-hybridized carbons (Fsp3) is 0.556. The molecule has 1 aliphatic rings. The lowest BCUT2D eigenvalue weighted by Crippen LogP contribution is -2.32. The normalized spacial score (nSPS) is 26.2. The Bertz CT molecular complexity index is 681. The van der Waals surface area contributed by atoms with Gasteiger partial charge in [0.1, 0.15) is 12.3 Å². The van der Waals surface area contributed by atoms with Gasteiger partial charge in [-0.25, -0.2) is 9.36 Å². The summed E-state index contributed by atoms with van der Waals surface area (Å²) >= 11 is 2.97. The number of aromatic nitrogens is 2. The minimum Gasteiger partial charge on any atom is -0.390 e. The minimum atomic E-state index is -4.67. The molecule has 2 rings (SSSR count). The van der Waals surface area contributed by atoms with Crippen molar-refractivity contribution < 1.29 is 28.7 Å². The van der Waals surface area contributed by atoms with Gasteiger partial charge in [-0.3, -0.25) is 18.9 Å². The standard InChI is InChI=1S/C9H12BrN2O8P/c10-4-2-12(9(15)11-8(4)14)7-1-5(13)6(20-7)3-19-21(16,17)18/h2,5-7,13H,1,3H2,(H,11,14,15)(H2,16,17,18)/t5-,6+,7+/m1/s1. The number of phosphoric ester groups is 1. The summed E-state index contributed by atoms with van der Waals surface area (Å²) in [6.45, 7) is -0.527. The molecule has 3 atom stereocenters. The van der Waals surface area contributed by atoms with Crippen LogP contribution in [0.15, 0.2) is 20.3 Å². The van der Waals surface area contributed by atoms with Crippen LogP contribution < -0.4 is 11.2 Å². The Balaban J connectivity index is 2.14. The molecule has 12 heteroatoms. The van der Waals surface area contributed by atoms with Crippen molar-refractivity contribution in [2.24, 2.45) is 0 Å². The number of aromatic amines is 1. The molecule has 1 fully saturated rings. The second-order valence-corrected chi connectivity index (χ2v) is 6.46. The summed E-state index contributed by atoms with van der Waals surface area (Å²) in [5.41, 5.74) is -1.33. The fourth-order valence-electron chi connectivity index (χ4n) is 1.88. The first-order valence-electron chi connectivity index (χ1n) is 5.72. The Morgan fingerprint density at radius 2 is 2.19 bits per heavy atom. The molecule has 1 saturated heterocycles. The topological polar surface area (TPSA) is 151 Å². The summed E-state index contributed by atoms with van der Waals surface area (Å²) < 4.78 is 21.4. The summed E-state index contributed by atoms with van der Waals surface area (Å²) in [7, 11) is -4.67. The minimum absolute atomic E-state index is 0.00752. The van der Waals surface area contributed by atoms with Crippen LogP contribution in [0.4, 0.5) is 0 Å². The zero-order chi connectivity index (χ0) is 15.8. The highest BCUT2D eigenvalue weighted by Gasteiger charge is 2.37. The highest BCUT2D eigenvalue weighted by Crippen LogP contribution is 2.38. The van der Waals surface area contributed by atoms with Gasteiger partial charge >= 0.3 is 13.5 Å². The van der Waals surface area contributed by atoms with E-state index in [-0.39, 0.29) is 10.9 Å². The molecular formula is C9H12BrN2O8P. The van der Waals surface area contributed by atoms with Crippen molar-refractivity contribution in [2.75, 3.05) is 6.61 Å². The van der Waals surface area contributed by atoms with E-state index in [1.165, 1.54) is 6.20 Å². The average molecular weight is 387 g/mol. The van der Waals surface area contributed by atoms with E-state index in [2.05, 4.69) is 25.4 Å². The molecular weight excluding hydrogens is 375 g/mol. The van der Waals surface area contributed by atoms with Gasteiger partial charge in [-0.05, 0) is 15.9 Å². The lowest BCUT2D eigenvalue weighted by Gasteiger charge is -2.16. The van der Waals surface area contributed by atoms with Crippen molar-refractivity contribution in [3.8, 4) is 0 Å². The predicted molar refractivity (Wildman–Crippen MR) is 71.6 cm³/mol. The van der Waals surface area contributed by atoms with Gasteiger partial charge < -0.3 is 19.6 Å². The number of rotatable bonds is 4. The van der Waals surface area contributed by atoms with Crippen LogP contribution in [-0.4, -0.2) is 43.3 Å². The molecule has 0 aromatic carbocycles. The molecule has 0 unspecified atom stereocenters. The Kier molecular flexibility index (Phi) is 4.83. The molecule has 0 spiro atoms. The zero-order valence-electron chi connectivity index (χ0n) is 10.4. The molecule has 10 nitrogen and oxygen atoms in total. The summed E-state index contributed by atoms with van der Waals surface area (Å²) in [6.07, 6.45) is -1.73. The molecule has 21 heavy (non-hydrogen) atoms. The molecule has 0 radical (unpaired) electrons. The van der Waals surface area contributed by atoms with Crippen LogP contribution in [0.2, 0.25) is 0 Å². The molecule has 1 aromatic rings. The molecule has 1 aliphatic heterocycles. The van der Waals surface area contributed by atoms with Crippen LogP contribution >= 0.6 is 23.8 Å². The summed E-state index contributed by atoms with van der Waals surface area (Å²) in [4.78, 5) is 42.2. The SMILES string of the molecule is O=c1[nH]c(=O)n([C@@H]2C[C@@H](O)[C@H](COP(=O)(O)O)O2)cc1Br. The molecule has 118 valence electrons. The Labute approximate surface area is 125 Å². The van der Waals surface area contributed by atoms with Gasteiger partial charge in [0.25, 0.3) is 5.56 Å². The van der Waals surface area contributed by atoms with Gasteiger partial charge in [-0.2, -0.15) is 0 Å². The van der Waals surface area contributed by atoms with Gasteiger partial charge in [0.2, 0.25) is 0 Å². The van der Waals surface area contributed by atoms with Crippen molar-refractivity contribution in [3.05, 3.63) is 31.5 Å². The van der Waals surface area contributed by atoms with Crippen LogP contribution in [0.25, 0.3) is 0 Å². The van der Waals surface area contributed by atoms with Gasteiger partial charge in [-0.1, -0.05) is 0 Å². The number of nitrogens with zero attached hydrogens (tertiary/aromatic N) is 1. The number of halogens is 1. The number of H-pyrrole nitrogens is 1. The Morgan fingerprint density at radius 1 is 1.52 bits per heavy atom. The second kappa shape index (κ2) is 6.13. The van der Waals surface area contributed by atoms with Crippen LogP contribution in [-0.2, 0) is 13.8 Å². The molecule has 1 aromatic heterocycles. The van der Waals surface area contributed by atoms with Crippen LogP contribution in [0.1, 0.15) is 12.6 Å². The third-order valence-corrected chi connectivity index (χ3v) is 3.90. The van der Waals surface area contributed by atoms with Crippen LogP contribution in [0.5, 0.6) is 0 Å². The van der Waals surface area contributed by atoms with E-state index in [0.29, 0.717) is 0 Å². The van der Waals surface area contributed by atoms with Crippen molar-refractivity contribution >= 4 is 23.8 Å². The van der Waals surface area contributed by atoms with E-state index in [1.54, 1.807) is 0 Å². The Morgan fingerprint density at radius 3 is 2.81 bits per heavy atom. The first-order valence-corrected chi connectivity index (χ1v) is 8.04. The summed E-state index contributed by atoms with van der Waals surface area (Å²) in [5.74, 6) is 0.